The fourth-order valence-corrected chi connectivity index (χ4v) is 2.99. The highest BCUT2D eigenvalue weighted by Gasteiger charge is 2.14. The van der Waals surface area contributed by atoms with Crippen LogP contribution in [0.3, 0.4) is 0 Å². The molecule has 7 heteroatoms. The zero-order chi connectivity index (χ0) is 14.2. The quantitative estimate of drug-likeness (QED) is 0.938. The van der Waals surface area contributed by atoms with E-state index in [2.05, 4.69) is 9.97 Å². The van der Waals surface area contributed by atoms with Crippen LogP contribution in [0.4, 0.5) is 14.6 Å². The number of fused-ring (bicyclic) bond motifs is 1. The molecule has 0 aliphatic heterocycles. The highest BCUT2D eigenvalue weighted by Crippen LogP contribution is 2.31. The molecule has 0 aliphatic rings. The minimum atomic E-state index is -2.36. The van der Waals surface area contributed by atoms with E-state index < -0.39 is 6.43 Å². The molecule has 0 unspecified atom stereocenters. The molecule has 19 heavy (non-hydrogen) atoms. The first-order chi connectivity index (χ1) is 8.88. The van der Waals surface area contributed by atoms with Gasteiger partial charge >= 0.3 is 0 Å². The molecule has 4 nitrogen and oxygen atoms in total. The summed E-state index contributed by atoms with van der Waals surface area (Å²) in [5.74, 6) is 0.904. The second-order valence-electron chi connectivity index (χ2n) is 4.58. The van der Waals surface area contributed by atoms with E-state index in [0.717, 1.165) is 20.7 Å². The van der Waals surface area contributed by atoms with Crippen molar-refractivity contribution in [3.8, 4) is 0 Å². The SMILES string of the molecule is Cc1sc2nc(CN(C)CC(F)F)nc(N)c2c1C. The first kappa shape index (κ1) is 14.1. The Morgan fingerprint density at radius 1 is 1.32 bits per heavy atom. The molecule has 2 rings (SSSR count). The molecule has 2 aromatic rings. The lowest BCUT2D eigenvalue weighted by atomic mass is 10.2. The third-order valence-corrected chi connectivity index (χ3v) is 4.07. The Bertz CT molecular complexity index is 597. The summed E-state index contributed by atoms with van der Waals surface area (Å²) >= 11 is 1.55. The van der Waals surface area contributed by atoms with Crippen LogP contribution in [0.25, 0.3) is 10.2 Å². The summed E-state index contributed by atoms with van der Waals surface area (Å²) in [4.78, 5) is 12.1. The lowest BCUT2D eigenvalue weighted by Gasteiger charge is -2.14. The van der Waals surface area contributed by atoms with E-state index in [1.165, 1.54) is 4.90 Å². The van der Waals surface area contributed by atoms with E-state index in [1.54, 1.807) is 18.4 Å². The maximum atomic E-state index is 12.3. The number of nitrogens with two attached hydrogens (primary N) is 1. The molecule has 0 saturated heterocycles. The lowest BCUT2D eigenvalue weighted by molar-refractivity contribution is 0.0966. The zero-order valence-corrected chi connectivity index (χ0v) is 11.9. The molecule has 2 N–H and O–H groups in total. The van der Waals surface area contributed by atoms with Crippen LogP contribution in [-0.4, -0.2) is 34.9 Å². The molecule has 0 aromatic carbocycles. The molecule has 0 amide bonds. The van der Waals surface area contributed by atoms with Crippen molar-refractivity contribution in [2.24, 2.45) is 0 Å². The van der Waals surface area contributed by atoms with E-state index in [0.29, 0.717) is 11.6 Å². The Morgan fingerprint density at radius 3 is 2.63 bits per heavy atom. The van der Waals surface area contributed by atoms with Gasteiger partial charge in [-0.15, -0.1) is 11.3 Å². The summed E-state index contributed by atoms with van der Waals surface area (Å²) in [6.07, 6.45) is -2.36. The van der Waals surface area contributed by atoms with Gasteiger partial charge in [0.2, 0.25) is 0 Å². The van der Waals surface area contributed by atoms with Gasteiger partial charge in [0, 0.05) is 4.88 Å². The first-order valence-electron chi connectivity index (χ1n) is 5.87. The highest BCUT2D eigenvalue weighted by molar-refractivity contribution is 7.18. The third-order valence-electron chi connectivity index (χ3n) is 2.96. The van der Waals surface area contributed by atoms with Gasteiger partial charge in [-0.25, -0.2) is 18.7 Å². The van der Waals surface area contributed by atoms with Crippen molar-refractivity contribution in [2.45, 2.75) is 26.8 Å². The zero-order valence-electron chi connectivity index (χ0n) is 11.1. The normalized spacial score (nSPS) is 11.9. The molecule has 0 radical (unpaired) electrons. The van der Waals surface area contributed by atoms with Crippen molar-refractivity contribution in [1.29, 1.82) is 0 Å². The Morgan fingerprint density at radius 2 is 2.00 bits per heavy atom. The molecular weight excluding hydrogens is 270 g/mol. The van der Waals surface area contributed by atoms with Crippen LogP contribution in [0.2, 0.25) is 0 Å². The maximum Gasteiger partial charge on any atom is 0.251 e. The number of hydrogen-bond donors (Lipinski definition) is 1. The molecule has 0 saturated carbocycles. The number of thiophene rings is 1. The van der Waals surface area contributed by atoms with Gasteiger partial charge in [-0.1, -0.05) is 0 Å². The van der Waals surface area contributed by atoms with Crippen LogP contribution in [0.1, 0.15) is 16.3 Å². The van der Waals surface area contributed by atoms with Gasteiger partial charge in [-0.2, -0.15) is 0 Å². The molecule has 2 heterocycles. The standard InChI is InChI=1S/C12H16F2N4S/c1-6-7(2)19-12-10(6)11(15)16-9(17-12)5-18(3)4-8(13)14/h8H,4-5H2,1-3H3,(H2,15,16,17). The average molecular weight is 286 g/mol. The van der Waals surface area contributed by atoms with E-state index in [9.17, 15) is 8.78 Å². The van der Waals surface area contributed by atoms with Gasteiger partial charge in [0.15, 0.2) is 0 Å². The van der Waals surface area contributed by atoms with Gasteiger partial charge in [0.1, 0.15) is 16.5 Å². The van der Waals surface area contributed by atoms with Crippen LogP contribution >= 0.6 is 11.3 Å². The summed E-state index contributed by atoms with van der Waals surface area (Å²) in [6.45, 7) is 3.95. The van der Waals surface area contributed by atoms with Crippen LogP contribution < -0.4 is 5.73 Å². The average Bonchev–Trinajstić information content (AvgIpc) is 2.53. The fourth-order valence-electron chi connectivity index (χ4n) is 1.94. The van der Waals surface area contributed by atoms with Crippen LogP contribution in [0, 0.1) is 13.8 Å². The fraction of sp³-hybridized carbons (Fsp3) is 0.500. The van der Waals surface area contributed by atoms with Crippen molar-refractivity contribution in [3.63, 3.8) is 0 Å². The number of aromatic nitrogens is 2. The molecule has 0 atom stereocenters. The lowest BCUT2D eigenvalue weighted by Crippen LogP contribution is -2.25. The number of alkyl halides is 2. The first-order valence-corrected chi connectivity index (χ1v) is 6.69. The summed E-state index contributed by atoms with van der Waals surface area (Å²) < 4.78 is 24.5. The summed E-state index contributed by atoms with van der Waals surface area (Å²) in [7, 11) is 1.61. The van der Waals surface area contributed by atoms with Crippen molar-refractivity contribution >= 4 is 27.4 Å². The number of halogens is 2. The maximum absolute atomic E-state index is 12.3. The predicted molar refractivity (Wildman–Crippen MR) is 73.6 cm³/mol. The summed E-state index contributed by atoms with van der Waals surface area (Å²) in [6, 6.07) is 0. The van der Waals surface area contributed by atoms with Crippen LogP contribution in [-0.2, 0) is 6.54 Å². The molecular formula is C12H16F2N4S. The smallest absolute Gasteiger partial charge is 0.251 e. The largest absolute Gasteiger partial charge is 0.383 e. The van der Waals surface area contributed by atoms with Crippen LogP contribution in [0.15, 0.2) is 0 Å². The van der Waals surface area contributed by atoms with E-state index >= 15 is 0 Å². The minimum Gasteiger partial charge on any atom is -0.383 e. The second-order valence-corrected chi connectivity index (χ2v) is 5.78. The number of aryl methyl sites for hydroxylation is 2. The van der Waals surface area contributed by atoms with Crippen molar-refractivity contribution in [1.82, 2.24) is 14.9 Å². The Balaban J connectivity index is 2.31. The predicted octanol–water partition coefficient (Wildman–Crippen LogP) is 2.59. The van der Waals surface area contributed by atoms with E-state index in [1.807, 2.05) is 13.8 Å². The Kier molecular flexibility index (Phi) is 3.96. The monoisotopic (exact) mass is 286 g/mol. The second kappa shape index (κ2) is 5.34. The van der Waals surface area contributed by atoms with Gasteiger partial charge in [-0.05, 0) is 26.5 Å². The molecule has 0 aliphatic carbocycles. The molecule has 0 bridgehead atoms. The number of nitrogen functional groups attached to an aromatic ring is 1. The molecule has 2 aromatic heterocycles. The number of hydrogen-bond acceptors (Lipinski definition) is 5. The summed E-state index contributed by atoms with van der Waals surface area (Å²) in [5.41, 5.74) is 7.03. The van der Waals surface area contributed by atoms with E-state index in [4.69, 9.17) is 5.73 Å². The highest BCUT2D eigenvalue weighted by atomic mass is 32.1. The van der Waals surface area contributed by atoms with E-state index in [-0.39, 0.29) is 13.1 Å². The summed E-state index contributed by atoms with van der Waals surface area (Å²) in [5, 5.41) is 0.878. The number of nitrogens with zero attached hydrogens (tertiary/aromatic N) is 3. The Hall–Kier alpha value is -1.34. The topological polar surface area (TPSA) is 55.0 Å². The third kappa shape index (κ3) is 2.98. The van der Waals surface area contributed by atoms with Crippen molar-refractivity contribution in [2.75, 3.05) is 19.3 Å². The van der Waals surface area contributed by atoms with Gasteiger partial charge in [0.05, 0.1) is 18.5 Å². The van der Waals surface area contributed by atoms with Crippen molar-refractivity contribution in [3.05, 3.63) is 16.3 Å². The van der Waals surface area contributed by atoms with Gasteiger partial charge in [0.25, 0.3) is 6.43 Å². The number of anilines is 1. The minimum absolute atomic E-state index is 0.264. The van der Waals surface area contributed by atoms with Crippen LogP contribution in [0.5, 0.6) is 0 Å². The van der Waals surface area contributed by atoms with Crippen molar-refractivity contribution < 1.29 is 8.78 Å². The molecule has 0 spiro atoms. The number of rotatable bonds is 4. The van der Waals surface area contributed by atoms with Gasteiger partial charge < -0.3 is 5.73 Å². The molecule has 104 valence electrons. The molecule has 0 fully saturated rings. The van der Waals surface area contributed by atoms with Gasteiger partial charge in [-0.3, -0.25) is 4.90 Å². The Labute approximate surface area is 114 Å².